The molecule has 0 aromatic rings. The number of carboxylic acids is 1. The molecule has 0 saturated carbocycles. The van der Waals surface area contributed by atoms with E-state index in [1.807, 2.05) is 19.0 Å². The molecule has 0 radical (unpaired) electrons. The average molecular weight is 404 g/mol. The average Bonchev–Trinajstić information content (AvgIpc) is 2.61. The lowest BCUT2D eigenvalue weighted by atomic mass is 10.1. The van der Waals surface area contributed by atoms with Crippen molar-refractivity contribution in [3.63, 3.8) is 0 Å². The highest BCUT2D eigenvalue weighted by molar-refractivity contribution is 7.99. The Hall–Kier alpha value is -1.08. The van der Waals surface area contributed by atoms with E-state index < -0.39 is 5.97 Å². The van der Waals surface area contributed by atoms with Gasteiger partial charge in [-0.15, -0.1) is 0 Å². The fourth-order valence-electron chi connectivity index (χ4n) is 2.67. The quantitative estimate of drug-likeness (QED) is 0.200. The number of rotatable bonds is 19. The molecular formula is C20H37NO5S. The molecule has 0 aromatic heterocycles. The second kappa shape index (κ2) is 18.3. The van der Waals surface area contributed by atoms with Crippen molar-refractivity contribution in [3.05, 3.63) is 0 Å². The largest absolute Gasteiger partial charge is 0.481 e. The van der Waals surface area contributed by atoms with E-state index in [-0.39, 0.29) is 18.3 Å². The molecule has 1 N–H and O–H groups in total. The van der Waals surface area contributed by atoms with E-state index in [9.17, 15) is 14.4 Å². The topological polar surface area (TPSA) is 83.9 Å². The molecule has 0 bridgehead atoms. The summed E-state index contributed by atoms with van der Waals surface area (Å²) in [4.78, 5) is 35.0. The second-order valence-corrected chi connectivity index (χ2v) is 8.28. The standard InChI is InChI=1S/C20H37NO5S/c1-21(2)16-18(17-27-15-11-7-4-8-12-19(23)24)20(25)26-14-10-6-3-5-9-13-22/h13,18H,3-12,14-17H2,1-2H3,(H,23,24). The minimum atomic E-state index is -0.727. The summed E-state index contributed by atoms with van der Waals surface area (Å²) >= 11 is 1.77. The Morgan fingerprint density at radius 1 is 1.04 bits per heavy atom. The van der Waals surface area contributed by atoms with Crippen LogP contribution in [0.3, 0.4) is 0 Å². The highest BCUT2D eigenvalue weighted by atomic mass is 32.2. The van der Waals surface area contributed by atoms with E-state index in [1.165, 1.54) is 0 Å². The van der Waals surface area contributed by atoms with Crippen molar-refractivity contribution in [2.75, 3.05) is 38.8 Å². The van der Waals surface area contributed by atoms with Crippen molar-refractivity contribution in [1.29, 1.82) is 0 Å². The second-order valence-electron chi connectivity index (χ2n) is 7.13. The Balaban J connectivity index is 3.86. The maximum absolute atomic E-state index is 12.3. The molecule has 0 amide bonds. The molecule has 0 saturated heterocycles. The Labute approximate surface area is 168 Å². The van der Waals surface area contributed by atoms with Crippen molar-refractivity contribution in [3.8, 4) is 0 Å². The minimum Gasteiger partial charge on any atom is -0.481 e. The number of carboxylic acid groups (broad SMARTS) is 1. The van der Waals surface area contributed by atoms with Gasteiger partial charge in [-0.1, -0.05) is 25.7 Å². The lowest BCUT2D eigenvalue weighted by molar-refractivity contribution is -0.148. The zero-order valence-electron chi connectivity index (χ0n) is 17.0. The predicted molar refractivity (Wildman–Crippen MR) is 110 cm³/mol. The number of unbranched alkanes of at least 4 members (excludes halogenated alkanes) is 7. The van der Waals surface area contributed by atoms with Crippen LogP contribution in [0, 0.1) is 5.92 Å². The van der Waals surface area contributed by atoms with Crippen LogP contribution in [0.25, 0.3) is 0 Å². The van der Waals surface area contributed by atoms with E-state index in [4.69, 9.17) is 9.84 Å². The molecule has 0 aliphatic heterocycles. The van der Waals surface area contributed by atoms with Crippen molar-refractivity contribution in [2.45, 2.75) is 64.2 Å². The van der Waals surface area contributed by atoms with Gasteiger partial charge in [-0.25, -0.2) is 0 Å². The van der Waals surface area contributed by atoms with Crippen LogP contribution in [0.4, 0.5) is 0 Å². The summed E-state index contributed by atoms with van der Waals surface area (Å²) in [7, 11) is 3.92. The monoisotopic (exact) mass is 403 g/mol. The first kappa shape index (κ1) is 25.9. The SMILES string of the molecule is CN(C)CC(CSCCCCCCC(=O)O)C(=O)OCCCCCCC=O. The van der Waals surface area contributed by atoms with Crippen LogP contribution in [-0.2, 0) is 19.1 Å². The van der Waals surface area contributed by atoms with E-state index >= 15 is 0 Å². The zero-order valence-corrected chi connectivity index (χ0v) is 17.8. The zero-order chi connectivity index (χ0) is 20.3. The van der Waals surface area contributed by atoms with Crippen molar-refractivity contribution in [1.82, 2.24) is 4.90 Å². The Morgan fingerprint density at radius 3 is 2.37 bits per heavy atom. The molecule has 0 heterocycles. The van der Waals surface area contributed by atoms with Crippen LogP contribution in [0.1, 0.15) is 64.2 Å². The Bertz CT molecular complexity index is 404. The number of aliphatic carboxylic acids is 1. The van der Waals surface area contributed by atoms with Crippen molar-refractivity contribution in [2.24, 2.45) is 5.92 Å². The molecule has 0 spiro atoms. The lowest BCUT2D eigenvalue weighted by Gasteiger charge is -2.19. The molecule has 0 fully saturated rings. The first-order valence-electron chi connectivity index (χ1n) is 10.0. The normalized spacial score (nSPS) is 12.1. The summed E-state index contributed by atoms with van der Waals surface area (Å²) in [5.41, 5.74) is 0. The molecule has 0 aromatic carbocycles. The summed E-state index contributed by atoms with van der Waals surface area (Å²) in [5, 5.41) is 8.60. The van der Waals surface area contributed by atoms with Crippen LogP contribution in [0.5, 0.6) is 0 Å². The van der Waals surface area contributed by atoms with Crippen LogP contribution in [0.15, 0.2) is 0 Å². The Kier molecular flexibility index (Phi) is 17.6. The first-order valence-corrected chi connectivity index (χ1v) is 11.2. The van der Waals surface area contributed by atoms with E-state index in [2.05, 4.69) is 0 Å². The first-order chi connectivity index (χ1) is 13.0. The number of thioether (sulfide) groups is 1. The summed E-state index contributed by atoms with van der Waals surface area (Å²) in [6.45, 7) is 1.14. The number of hydrogen-bond donors (Lipinski definition) is 1. The fraction of sp³-hybridized carbons (Fsp3) is 0.850. The van der Waals surface area contributed by atoms with Gasteiger partial charge in [0.2, 0.25) is 0 Å². The van der Waals surface area contributed by atoms with Crippen molar-refractivity contribution >= 4 is 30.0 Å². The van der Waals surface area contributed by atoms with Gasteiger partial charge in [0.15, 0.2) is 0 Å². The highest BCUT2D eigenvalue weighted by Crippen LogP contribution is 2.15. The van der Waals surface area contributed by atoms with Gasteiger partial charge in [-0.05, 0) is 45.5 Å². The minimum absolute atomic E-state index is 0.118. The van der Waals surface area contributed by atoms with Crippen molar-refractivity contribution < 1.29 is 24.2 Å². The van der Waals surface area contributed by atoms with E-state index in [1.54, 1.807) is 11.8 Å². The number of carbonyl (C=O) groups is 3. The van der Waals surface area contributed by atoms with Gasteiger partial charge in [-0.2, -0.15) is 11.8 Å². The number of hydrogen-bond acceptors (Lipinski definition) is 6. The third kappa shape index (κ3) is 18.1. The van der Waals surface area contributed by atoms with Crippen LogP contribution in [-0.4, -0.2) is 67.0 Å². The molecule has 1 atom stereocenters. The molecule has 0 aliphatic carbocycles. The number of carbonyl (C=O) groups excluding carboxylic acids is 2. The molecule has 6 nitrogen and oxygen atoms in total. The van der Waals surface area contributed by atoms with Gasteiger partial charge >= 0.3 is 11.9 Å². The van der Waals surface area contributed by atoms with Gasteiger partial charge in [0.25, 0.3) is 0 Å². The van der Waals surface area contributed by atoms with Gasteiger partial charge in [-0.3, -0.25) is 9.59 Å². The van der Waals surface area contributed by atoms with Crippen LogP contribution < -0.4 is 0 Å². The smallest absolute Gasteiger partial charge is 0.311 e. The maximum atomic E-state index is 12.3. The molecule has 27 heavy (non-hydrogen) atoms. The summed E-state index contributed by atoms with van der Waals surface area (Å²) in [6.07, 6.45) is 9.32. The third-order valence-corrected chi connectivity index (χ3v) is 5.34. The fourth-order valence-corrected chi connectivity index (χ4v) is 3.77. The predicted octanol–water partition coefficient (Wildman–Crippen LogP) is 3.63. The molecule has 7 heteroatoms. The Morgan fingerprint density at radius 2 is 1.70 bits per heavy atom. The van der Waals surface area contributed by atoms with Crippen LogP contribution >= 0.6 is 11.8 Å². The summed E-state index contributed by atoms with van der Waals surface area (Å²) in [6, 6.07) is 0. The van der Waals surface area contributed by atoms with Crippen LogP contribution in [0.2, 0.25) is 0 Å². The van der Waals surface area contributed by atoms with E-state index in [0.717, 1.165) is 69.2 Å². The highest BCUT2D eigenvalue weighted by Gasteiger charge is 2.20. The maximum Gasteiger partial charge on any atom is 0.311 e. The molecule has 1 unspecified atom stereocenters. The molecule has 158 valence electrons. The molecule has 0 rings (SSSR count). The van der Waals surface area contributed by atoms with Gasteiger partial charge in [0.1, 0.15) is 6.29 Å². The summed E-state index contributed by atoms with van der Waals surface area (Å²) in [5.74, 6) is 0.778. The summed E-state index contributed by atoms with van der Waals surface area (Å²) < 4.78 is 5.44. The number of esters is 1. The van der Waals surface area contributed by atoms with Gasteiger partial charge in [0.05, 0.1) is 12.5 Å². The van der Waals surface area contributed by atoms with Gasteiger partial charge < -0.3 is 19.5 Å². The van der Waals surface area contributed by atoms with Gasteiger partial charge in [0, 0.05) is 25.1 Å². The molecular weight excluding hydrogens is 366 g/mol. The van der Waals surface area contributed by atoms with E-state index in [0.29, 0.717) is 19.6 Å². The number of ether oxygens (including phenoxy) is 1. The lowest BCUT2D eigenvalue weighted by Crippen LogP contribution is -2.31. The number of nitrogens with zero attached hydrogens (tertiary/aromatic N) is 1. The third-order valence-electron chi connectivity index (χ3n) is 4.13. The number of aldehydes is 1. The molecule has 0 aliphatic rings.